The molecular weight excluding hydrogens is 516 g/mol. The van der Waals surface area contributed by atoms with Crippen molar-refractivity contribution in [2.24, 2.45) is 0 Å². The summed E-state index contributed by atoms with van der Waals surface area (Å²) in [5.74, 6) is 0.346. The third kappa shape index (κ3) is 5.90. The molecule has 8 nitrogen and oxygen atoms in total. The molecule has 1 atom stereocenters. The number of hydrogen-bond donors (Lipinski definition) is 3. The molecule has 0 fully saturated rings. The molecule has 1 aromatic heterocycles. The molecule has 0 aliphatic rings. The average molecular weight is 543 g/mol. The van der Waals surface area contributed by atoms with Gasteiger partial charge in [-0.1, -0.05) is 29.3 Å². The fourth-order valence-corrected chi connectivity index (χ4v) is 4.89. The van der Waals surface area contributed by atoms with E-state index in [2.05, 4.69) is 10.3 Å². The predicted octanol–water partition coefficient (Wildman–Crippen LogP) is 4.95. The SMILES string of the molecule is COc1cc(NC(C(=O)c2c[nH]c3ccc(C)cc23)c2ccc(Cl)cc2OCCO)cc(S(C)(=O)=O)c1. The molecule has 0 saturated heterocycles. The van der Waals surface area contributed by atoms with Gasteiger partial charge in [-0.05, 0) is 43.3 Å². The molecule has 0 bridgehead atoms. The van der Waals surface area contributed by atoms with Crippen LogP contribution in [0.25, 0.3) is 10.9 Å². The molecule has 0 radical (unpaired) electrons. The molecule has 3 aromatic carbocycles. The number of aromatic nitrogens is 1. The van der Waals surface area contributed by atoms with Crippen molar-refractivity contribution in [1.29, 1.82) is 0 Å². The van der Waals surface area contributed by atoms with Gasteiger partial charge in [-0.2, -0.15) is 0 Å². The van der Waals surface area contributed by atoms with Crippen LogP contribution in [0.3, 0.4) is 0 Å². The molecule has 37 heavy (non-hydrogen) atoms. The summed E-state index contributed by atoms with van der Waals surface area (Å²) < 4.78 is 35.6. The summed E-state index contributed by atoms with van der Waals surface area (Å²) in [5.41, 5.74) is 3.08. The number of anilines is 1. The Morgan fingerprint density at radius 2 is 1.92 bits per heavy atom. The predicted molar refractivity (Wildman–Crippen MR) is 144 cm³/mol. The molecule has 10 heteroatoms. The summed E-state index contributed by atoms with van der Waals surface area (Å²) in [6.07, 6.45) is 2.75. The van der Waals surface area contributed by atoms with Crippen molar-refractivity contribution in [3.63, 3.8) is 0 Å². The Labute approximate surface area is 220 Å². The smallest absolute Gasteiger partial charge is 0.191 e. The zero-order chi connectivity index (χ0) is 26.7. The number of aromatic amines is 1. The highest BCUT2D eigenvalue weighted by Crippen LogP contribution is 2.36. The topological polar surface area (TPSA) is 118 Å². The lowest BCUT2D eigenvalue weighted by molar-refractivity contribution is 0.0969. The van der Waals surface area contributed by atoms with E-state index in [4.69, 9.17) is 21.1 Å². The number of aryl methyl sites for hydroxylation is 1. The molecule has 0 spiro atoms. The maximum Gasteiger partial charge on any atom is 0.191 e. The molecule has 4 aromatic rings. The number of ether oxygens (including phenoxy) is 2. The molecule has 1 unspecified atom stereocenters. The van der Waals surface area contributed by atoms with Gasteiger partial charge in [-0.3, -0.25) is 4.79 Å². The highest BCUT2D eigenvalue weighted by Gasteiger charge is 2.28. The van der Waals surface area contributed by atoms with Gasteiger partial charge in [0.2, 0.25) is 0 Å². The van der Waals surface area contributed by atoms with Gasteiger partial charge >= 0.3 is 0 Å². The Morgan fingerprint density at radius 3 is 2.62 bits per heavy atom. The molecule has 0 aliphatic carbocycles. The summed E-state index contributed by atoms with van der Waals surface area (Å²) in [6, 6.07) is 14.1. The van der Waals surface area contributed by atoms with Gasteiger partial charge in [-0.15, -0.1) is 0 Å². The fraction of sp³-hybridized carbons (Fsp3) is 0.222. The van der Waals surface area contributed by atoms with Gasteiger partial charge in [0.25, 0.3) is 0 Å². The third-order valence-electron chi connectivity index (χ3n) is 5.86. The van der Waals surface area contributed by atoms with Crippen molar-refractivity contribution < 1.29 is 27.8 Å². The molecule has 0 aliphatic heterocycles. The number of sulfone groups is 1. The number of rotatable bonds is 10. The van der Waals surface area contributed by atoms with Crippen LogP contribution in [0.5, 0.6) is 11.5 Å². The zero-order valence-electron chi connectivity index (χ0n) is 20.5. The van der Waals surface area contributed by atoms with E-state index in [1.54, 1.807) is 30.5 Å². The number of H-pyrrole nitrogens is 1. The molecule has 3 N–H and O–H groups in total. The van der Waals surface area contributed by atoms with Crippen molar-refractivity contribution in [1.82, 2.24) is 4.98 Å². The van der Waals surface area contributed by atoms with Crippen molar-refractivity contribution in [2.75, 3.05) is 31.9 Å². The molecule has 194 valence electrons. The highest BCUT2D eigenvalue weighted by atomic mass is 35.5. The number of hydrogen-bond acceptors (Lipinski definition) is 7. The standard InChI is InChI=1S/C27H27ClN2O6S/c1-16-4-7-24-22(10-16)23(15-29-24)27(32)26(21-6-5-17(28)11-25(21)36-9-8-31)30-18-12-19(35-2)14-20(13-18)37(3,33)34/h4-7,10-15,26,29-31H,8-9H2,1-3H3. The van der Waals surface area contributed by atoms with Gasteiger partial charge in [0, 0.05) is 51.3 Å². The number of fused-ring (bicyclic) bond motifs is 1. The average Bonchev–Trinajstić information content (AvgIpc) is 3.28. The van der Waals surface area contributed by atoms with Gasteiger partial charge in [0.05, 0.1) is 18.6 Å². The first-order valence-corrected chi connectivity index (χ1v) is 13.7. The maximum atomic E-state index is 14.1. The van der Waals surface area contributed by atoms with E-state index >= 15 is 0 Å². The molecule has 0 saturated carbocycles. The van der Waals surface area contributed by atoms with Crippen molar-refractivity contribution in [3.05, 3.63) is 82.5 Å². The van der Waals surface area contributed by atoms with Gasteiger partial charge < -0.3 is 24.9 Å². The van der Waals surface area contributed by atoms with Crippen LogP contribution < -0.4 is 14.8 Å². The monoisotopic (exact) mass is 542 g/mol. The number of nitrogens with one attached hydrogen (secondary N) is 2. The van der Waals surface area contributed by atoms with Crippen LogP contribution in [-0.4, -0.2) is 50.9 Å². The van der Waals surface area contributed by atoms with Crippen molar-refractivity contribution in [3.8, 4) is 11.5 Å². The van der Waals surface area contributed by atoms with Crippen LogP contribution >= 0.6 is 11.6 Å². The Hall–Kier alpha value is -3.53. The minimum absolute atomic E-state index is 0.00206. The van der Waals surface area contributed by atoms with E-state index in [1.165, 1.54) is 19.2 Å². The number of benzene rings is 3. The summed E-state index contributed by atoms with van der Waals surface area (Å²) >= 11 is 6.21. The number of carbonyl (C=O) groups excluding carboxylic acids is 1. The molecular formula is C27H27ClN2O6S. The van der Waals surface area contributed by atoms with E-state index < -0.39 is 15.9 Å². The van der Waals surface area contributed by atoms with E-state index in [1.807, 2.05) is 25.1 Å². The number of aliphatic hydroxyl groups is 1. The second kappa shape index (κ2) is 10.8. The lowest BCUT2D eigenvalue weighted by Crippen LogP contribution is -2.22. The fourth-order valence-electron chi connectivity index (χ4n) is 4.06. The number of aliphatic hydroxyl groups excluding tert-OH is 1. The first kappa shape index (κ1) is 26.5. The quantitative estimate of drug-likeness (QED) is 0.243. The van der Waals surface area contributed by atoms with Gasteiger partial charge in [0.15, 0.2) is 15.6 Å². The number of methoxy groups -OCH3 is 1. The van der Waals surface area contributed by atoms with Crippen LogP contribution in [-0.2, 0) is 9.84 Å². The van der Waals surface area contributed by atoms with E-state index in [0.717, 1.165) is 22.7 Å². The van der Waals surface area contributed by atoms with E-state index in [0.29, 0.717) is 33.3 Å². The van der Waals surface area contributed by atoms with Crippen LogP contribution in [0.2, 0.25) is 5.02 Å². The normalized spacial score (nSPS) is 12.4. The van der Waals surface area contributed by atoms with E-state index in [9.17, 15) is 18.3 Å². The summed E-state index contributed by atoms with van der Waals surface area (Å²) in [6.45, 7) is 1.71. The van der Waals surface area contributed by atoms with Crippen molar-refractivity contribution in [2.45, 2.75) is 17.9 Å². The number of Topliss-reactive ketones (excluding diaryl/α,β-unsaturated/α-hetero) is 1. The minimum Gasteiger partial charge on any atom is -0.497 e. The Morgan fingerprint density at radius 1 is 1.14 bits per heavy atom. The number of halogens is 1. The summed E-state index contributed by atoms with van der Waals surface area (Å²) in [5, 5.41) is 13.7. The van der Waals surface area contributed by atoms with Gasteiger partial charge in [0.1, 0.15) is 24.1 Å². The number of carbonyl (C=O) groups is 1. The molecule has 4 rings (SSSR count). The van der Waals surface area contributed by atoms with Crippen LogP contribution in [0.15, 0.2) is 65.7 Å². The van der Waals surface area contributed by atoms with Crippen LogP contribution in [0, 0.1) is 6.92 Å². The Kier molecular flexibility index (Phi) is 7.77. The zero-order valence-corrected chi connectivity index (χ0v) is 22.1. The Balaban J connectivity index is 1.88. The Bertz CT molecular complexity index is 1560. The maximum absolute atomic E-state index is 14.1. The largest absolute Gasteiger partial charge is 0.497 e. The number of ketones is 1. The first-order chi connectivity index (χ1) is 17.6. The summed E-state index contributed by atoms with van der Waals surface area (Å²) in [7, 11) is -2.13. The minimum atomic E-state index is -3.56. The van der Waals surface area contributed by atoms with Gasteiger partial charge in [-0.25, -0.2) is 8.42 Å². The molecule has 0 amide bonds. The first-order valence-electron chi connectivity index (χ1n) is 11.4. The van der Waals surface area contributed by atoms with Crippen molar-refractivity contribution >= 4 is 43.8 Å². The highest BCUT2D eigenvalue weighted by molar-refractivity contribution is 7.90. The second-order valence-corrected chi connectivity index (χ2v) is 11.1. The third-order valence-corrected chi connectivity index (χ3v) is 7.18. The van der Waals surface area contributed by atoms with Crippen LogP contribution in [0.4, 0.5) is 5.69 Å². The summed E-state index contributed by atoms with van der Waals surface area (Å²) in [4.78, 5) is 17.3. The lowest BCUT2D eigenvalue weighted by Gasteiger charge is -2.23. The second-order valence-electron chi connectivity index (χ2n) is 8.62. The lowest BCUT2D eigenvalue weighted by atomic mass is 9.95. The van der Waals surface area contributed by atoms with E-state index in [-0.39, 0.29) is 23.9 Å². The van der Waals surface area contributed by atoms with Crippen LogP contribution in [0.1, 0.15) is 27.5 Å². The molecule has 1 heterocycles.